The third-order valence-electron chi connectivity index (χ3n) is 6.18. The van der Waals surface area contributed by atoms with Gasteiger partial charge in [0.05, 0.1) is 25.5 Å². The van der Waals surface area contributed by atoms with E-state index in [1.54, 1.807) is 28.9 Å². The molecule has 2 amide bonds. The highest BCUT2D eigenvalue weighted by atomic mass is 19.1. The first-order valence-electron chi connectivity index (χ1n) is 12.3. The summed E-state index contributed by atoms with van der Waals surface area (Å²) in [5, 5.41) is 0. The number of amides is 2. The number of hydrogen-bond donors (Lipinski definition) is 0. The van der Waals surface area contributed by atoms with Crippen LogP contribution in [0.1, 0.15) is 51.2 Å². The van der Waals surface area contributed by atoms with Crippen molar-refractivity contribution in [1.82, 2.24) is 4.90 Å². The summed E-state index contributed by atoms with van der Waals surface area (Å²) in [4.78, 5) is 41.2. The molecule has 0 atom stereocenters. The minimum absolute atomic E-state index is 0.0209. The second kappa shape index (κ2) is 12.5. The number of anilines is 1. The second-order valence-electron chi connectivity index (χ2n) is 9.46. The van der Waals surface area contributed by atoms with Gasteiger partial charge >= 0.3 is 5.97 Å². The van der Waals surface area contributed by atoms with Gasteiger partial charge in [0.2, 0.25) is 11.8 Å². The molecule has 0 bridgehead atoms. The minimum atomic E-state index is -0.334. The number of carbonyl (C=O) groups excluding carboxylic acids is 3. The summed E-state index contributed by atoms with van der Waals surface area (Å²) in [7, 11) is 0. The van der Waals surface area contributed by atoms with E-state index >= 15 is 0 Å². The average molecular weight is 483 g/mol. The Morgan fingerprint density at radius 1 is 1.06 bits per heavy atom. The van der Waals surface area contributed by atoms with Gasteiger partial charge in [-0.25, -0.2) is 4.39 Å². The van der Waals surface area contributed by atoms with E-state index < -0.39 is 0 Å². The van der Waals surface area contributed by atoms with Crippen LogP contribution in [0, 0.1) is 17.7 Å². The van der Waals surface area contributed by atoms with Crippen LogP contribution in [0.5, 0.6) is 0 Å². The number of piperidine rings is 1. The molecule has 3 rings (SSSR count). The number of benzene rings is 2. The number of halogens is 1. The standard InChI is InChI=1S/C28H35FN2O4/c1-4-35-28(34)23-12-14-30(15-13-23)26(32)18-21-8-10-25(11-9-21)31(27(33)16-20(2)3)19-22-6-5-7-24(29)17-22/h5-11,17,20,23H,4,12-16,18-19H2,1-3H3. The Balaban J connectivity index is 1.64. The van der Waals surface area contributed by atoms with E-state index in [2.05, 4.69) is 0 Å². The summed E-state index contributed by atoms with van der Waals surface area (Å²) < 4.78 is 18.8. The molecule has 1 fully saturated rings. The molecule has 1 heterocycles. The summed E-state index contributed by atoms with van der Waals surface area (Å²) >= 11 is 0. The van der Waals surface area contributed by atoms with Crippen LogP contribution in [0.2, 0.25) is 0 Å². The molecule has 1 aliphatic rings. The molecule has 0 N–H and O–H groups in total. The third-order valence-corrected chi connectivity index (χ3v) is 6.18. The normalized spacial score (nSPS) is 14.1. The van der Waals surface area contributed by atoms with Gasteiger partial charge in [-0.05, 0) is 61.1 Å². The van der Waals surface area contributed by atoms with Crippen LogP contribution in [-0.2, 0) is 32.1 Å². The van der Waals surface area contributed by atoms with Crippen molar-refractivity contribution >= 4 is 23.5 Å². The second-order valence-corrected chi connectivity index (χ2v) is 9.46. The Morgan fingerprint density at radius 3 is 2.34 bits per heavy atom. The van der Waals surface area contributed by atoms with Crippen molar-refractivity contribution < 1.29 is 23.5 Å². The zero-order valence-electron chi connectivity index (χ0n) is 20.8. The fourth-order valence-electron chi connectivity index (χ4n) is 4.31. The number of likely N-dealkylation sites (tertiary alicyclic amines) is 1. The largest absolute Gasteiger partial charge is 0.466 e. The molecular formula is C28H35FN2O4. The first-order valence-corrected chi connectivity index (χ1v) is 12.3. The van der Waals surface area contributed by atoms with Crippen molar-refractivity contribution in [2.45, 2.75) is 53.0 Å². The number of rotatable bonds is 9. The summed E-state index contributed by atoms with van der Waals surface area (Å²) in [6, 6.07) is 13.7. The molecule has 6 nitrogen and oxygen atoms in total. The van der Waals surface area contributed by atoms with Gasteiger partial charge in [-0.2, -0.15) is 0 Å². The Morgan fingerprint density at radius 2 is 1.74 bits per heavy atom. The van der Waals surface area contributed by atoms with E-state index in [9.17, 15) is 18.8 Å². The van der Waals surface area contributed by atoms with Crippen LogP contribution < -0.4 is 4.90 Å². The van der Waals surface area contributed by atoms with Crippen LogP contribution in [0.25, 0.3) is 0 Å². The molecule has 0 spiro atoms. The molecule has 2 aromatic carbocycles. The lowest BCUT2D eigenvalue weighted by atomic mass is 9.96. The molecule has 0 aliphatic carbocycles. The summed E-state index contributed by atoms with van der Waals surface area (Å²) in [6.45, 7) is 7.51. The fraction of sp³-hybridized carbons (Fsp3) is 0.464. The van der Waals surface area contributed by atoms with Crippen LogP contribution in [0.15, 0.2) is 48.5 Å². The summed E-state index contributed by atoms with van der Waals surface area (Å²) in [5.74, 6) is -0.456. The third kappa shape index (κ3) is 7.64. The number of carbonyl (C=O) groups is 3. The first-order chi connectivity index (χ1) is 16.8. The monoisotopic (exact) mass is 482 g/mol. The smallest absolute Gasteiger partial charge is 0.309 e. The van der Waals surface area contributed by atoms with E-state index in [4.69, 9.17) is 4.74 Å². The van der Waals surface area contributed by atoms with Crippen molar-refractivity contribution in [3.63, 3.8) is 0 Å². The van der Waals surface area contributed by atoms with Crippen molar-refractivity contribution in [2.75, 3.05) is 24.6 Å². The molecule has 1 saturated heterocycles. The maximum absolute atomic E-state index is 13.7. The van der Waals surface area contributed by atoms with Gasteiger partial charge in [0, 0.05) is 25.2 Å². The zero-order valence-corrected chi connectivity index (χ0v) is 20.8. The molecule has 1 aliphatic heterocycles. The van der Waals surface area contributed by atoms with Crippen molar-refractivity contribution in [1.29, 1.82) is 0 Å². The highest BCUT2D eigenvalue weighted by Gasteiger charge is 2.28. The molecule has 35 heavy (non-hydrogen) atoms. The lowest BCUT2D eigenvalue weighted by molar-refractivity contribution is -0.151. The van der Waals surface area contributed by atoms with Crippen LogP contribution in [-0.4, -0.2) is 42.4 Å². The Kier molecular flexibility index (Phi) is 9.40. The van der Waals surface area contributed by atoms with E-state index in [-0.39, 0.29) is 48.4 Å². The van der Waals surface area contributed by atoms with Gasteiger partial charge in [0.1, 0.15) is 5.82 Å². The van der Waals surface area contributed by atoms with E-state index in [0.29, 0.717) is 50.2 Å². The topological polar surface area (TPSA) is 66.9 Å². The Hall–Kier alpha value is -3.22. The minimum Gasteiger partial charge on any atom is -0.466 e. The maximum Gasteiger partial charge on any atom is 0.309 e. The molecule has 0 unspecified atom stereocenters. The molecule has 7 heteroatoms. The number of ether oxygens (including phenoxy) is 1. The summed E-state index contributed by atoms with van der Waals surface area (Å²) in [6.07, 6.45) is 1.89. The quantitative estimate of drug-likeness (QED) is 0.484. The number of hydrogen-bond acceptors (Lipinski definition) is 4. The van der Waals surface area contributed by atoms with Crippen molar-refractivity contribution in [2.24, 2.45) is 11.8 Å². The van der Waals surface area contributed by atoms with Gasteiger partial charge in [-0.1, -0.05) is 38.1 Å². The highest BCUT2D eigenvalue weighted by molar-refractivity contribution is 5.93. The predicted octanol–water partition coefficient (Wildman–Crippen LogP) is 4.75. The lowest BCUT2D eigenvalue weighted by Gasteiger charge is -2.31. The first kappa shape index (κ1) is 26.4. The highest BCUT2D eigenvalue weighted by Crippen LogP contribution is 2.23. The van der Waals surface area contributed by atoms with E-state index in [0.717, 1.165) is 5.56 Å². The van der Waals surface area contributed by atoms with E-state index in [1.165, 1.54) is 12.1 Å². The van der Waals surface area contributed by atoms with Gasteiger partial charge in [-0.15, -0.1) is 0 Å². The van der Waals surface area contributed by atoms with Crippen LogP contribution in [0.3, 0.4) is 0 Å². The molecule has 0 saturated carbocycles. The SMILES string of the molecule is CCOC(=O)C1CCN(C(=O)Cc2ccc(N(Cc3cccc(F)c3)C(=O)CC(C)C)cc2)CC1. The lowest BCUT2D eigenvalue weighted by Crippen LogP contribution is -2.41. The van der Waals surface area contributed by atoms with Gasteiger partial charge < -0.3 is 14.5 Å². The maximum atomic E-state index is 13.7. The van der Waals surface area contributed by atoms with Gasteiger partial charge in [0.15, 0.2) is 0 Å². The summed E-state index contributed by atoms with van der Waals surface area (Å²) in [5.41, 5.74) is 2.28. The van der Waals surface area contributed by atoms with Crippen LogP contribution in [0.4, 0.5) is 10.1 Å². The van der Waals surface area contributed by atoms with Gasteiger partial charge in [-0.3, -0.25) is 14.4 Å². The van der Waals surface area contributed by atoms with Gasteiger partial charge in [0.25, 0.3) is 0 Å². The average Bonchev–Trinajstić information content (AvgIpc) is 2.83. The van der Waals surface area contributed by atoms with Crippen LogP contribution >= 0.6 is 0 Å². The molecule has 0 aromatic heterocycles. The Labute approximate surface area is 207 Å². The molecule has 0 radical (unpaired) electrons. The number of nitrogens with zero attached hydrogens (tertiary/aromatic N) is 2. The number of esters is 1. The molecule has 188 valence electrons. The predicted molar refractivity (Wildman–Crippen MR) is 133 cm³/mol. The Bertz CT molecular complexity index is 1010. The fourth-order valence-corrected chi connectivity index (χ4v) is 4.31. The van der Waals surface area contributed by atoms with E-state index in [1.807, 2.05) is 38.1 Å². The van der Waals surface area contributed by atoms with Crippen molar-refractivity contribution in [3.05, 3.63) is 65.5 Å². The molecular weight excluding hydrogens is 447 g/mol. The zero-order chi connectivity index (χ0) is 25.4. The van der Waals surface area contributed by atoms with Crippen molar-refractivity contribution in [3.8, 4) is 0 Å². The molecule has 2 aromatic rings.